The summed E-state index contributed by atoms with van der Waals surface area (Å²) in [5.41, 5.74) is 0.361. The molecule has 0 saturated heterocycles. The molecule has 2 fully saturated rings. The Morgan fingerprint density at radius 3 is 2.59 bits per heavy atom. The highest BCUT2D eigenvalue weighted by molar-refractivity contribution is 5.73. The second-order valence-corrected chi connectivity index (χ2v) is 6.49. The molecular weight excluding hydrogens is 290 g/mol. The molecule has 7 heteroatoms. The molecule has 0 bridgehead atoms. The number of aromatic amines is 1. The van der Waals surface area contributed by atoms with Crippen molar-refractivity contribution >= 4 is 11.0 Å². The predicted octanol–water partition coefficient (Wildman–Crippen LogP) is 3.14. The lowest BCUT2D eigenvalue weighted by atomic mass is 9.85. The van der Waals surface area contributed by atoms with Crippen molar-refractivity contribution in [3.8, 4) is 0 Å². The van der Waals surface area contributed by atoms with Crippen LogP contribution >= 0.6 is 0 Å². The Balaban J connectivity index is 1.72. The van der Waals surface area contributed by atoms with Crippen molar-refractivity contribution in [1.82, 2.24) is 19.7 Å². The number of nitrogens with zero attached hydrogens (tertiary/aromatic N) is 3. The molecule has 118 valence electrons. The molecule has 2 aliphatic rings. The Bertz CT molecular complexity index is 752. The van der Waals surface area contributed by atoms with Gasteiger partial charge in [-0.1, -0.05) is 6.42 Å². The third kappa shape index (κ3) is 2.23. The van der Waals surface area contributed by atoms with E-state index in [0.717, 1.165) is 19.3 Å². The van der Waals surface area contributed by atoms with Gasteiger partial charge in [0.1, 0.15) is 11.2 Å². The van der Waals surface area contributed by atoms with Gasteiger partial charge >= 0.3 is 0 Å². The van der Waals surface area contributed by atoms with Crippen molar-refractivity contribution in [2.45, 2.75) is 62.8 Å². The minimum Gasteiger partial charge on any atom is -0.310 e. The van der Waals surface area contributed by atoms with Crippen molar-refractivity contribution in [2.75, 3.05) is 0 Å². The summed E-state index contributed by atoms with van der Waals surface area (Å²) in [6.45, 7) is 0. The maximum absolute atomic E-state index is 13.3. The van der Waals surface area contributed by atoms with Gasteiger partial charge in [0.15, 0.2) is 5.65 Å². The number of rotatable bonds is 2. The number of halogens is 2. The highest BCUT2D eigenvalue weighted by Gasteiger charge is 2.36. The third-order valence-corrected chi connectivity index (χ3v) is 5.01. The summed E-state index contributed by atoms with van der Waals surface area (Å²) >= 11 is 0. The highest BCUT2D eigenvalue weighted by atomic mass is 19.3. The van der Waals surface area contributed by atoms with Crippen molar-refractivity contribution in [3.63, 3.8) is 0 Å². The quantitative estimate of drug-likeness (QED) is 0.927. The second kappa shape index (κ2) is 4.86. The minimum absolute atomic E-state index is 0.0966. The van der Waals surface area contributed by atoms with Crippen LogP contribution < -0.4 is 5.56 Å². The molecule has 2 aliphatic carbocycles. The molecule has 5 nitrogen and oxygen atoms in total. The first-order chi connectivity index (χ1) is 10.5. The number of nitrogens with one attached hydrogen (secondary N) is 1. The van der Waals surface area contributed by atoms with E-state index >= 15 is 0 Å². The van der Waals surface area contributed by atoms with Crippen molar-refractivity contribution in [1.29, 1.82) is 0 Å². The summed E-state index contributed by atoms with van der Waals surface area (Å²) in [5, 5.41) is 4.71. The lowest BCUT2D eigenvalue weighted by molar-refractivity contribution is -0.0446. The summed E-state index contributed by atoms with van der Waals surface area (Å²) in [6, 6.07) is -0.0966. The predicted molar refractivity (Wildman–Crippen MR) is 77.2 cm³/mol. The molecule has 0 radical (unpaired) electrons. The number of aromatic nitrogens is 4. The third-order valence-electron chi connectivity index (χ3n) is 5.01. The van der Waals surface area contributed by atoms with Gasteiger partial charge in [-0.3, -0.25) is 4.79 Å². The molecular formula is C15H18F2N4O. The average Bonchev–Trinajstić information content (AvgIpc) is 2.81. The number of H-pyrrole nitrogens is 1. The molecule has 0 spiro atoms. The maximum atomic E-state index is 13.3. The summed E-state index contributed by atoms with van der Waals surface area (Å²) in [4.78, 5) is 19.6. The molecule has 2 heterocycles. The van der Waals surface area contributed by atoms with Crippen LogP contribution in [0.5, 0.6) is 0 Å². The number of hydrogen-bond donors (Lipinski definition) is 1. The average molecular weight is 308 g/mol. The van der Waals surface area contributed by atoms with Gasteiger partial charge in [0.25, 0.3) is 5.56 Å². The summed E-state index contributed by atoms with van der Waals surface area (Å²) in [7, 11) is 0. The van der Waals surface area contributed by atoms with Crippen LogP contribution in [0.2, 0.25) is 0 Å². The molecule has 2 aromatic heterocycles. The van der Waals surface area contributed by atoms with Gasteiger partial charge in [-0.2, -0.15) is 5.10 Å². The van der Waals surface area contributed by atoms with Gasteiger partial charge in [-0.25, -0.2) is 18.4 Å². The van der Waals surface area contributed by atoms with Crippen molar-refractivity contribution in [2.24, 2.45) is 0 Å². The summed E-state index contributed by atoms with van der Waals surface area (Å²) in [6.07, 6.45) is 5.22. The van der Waals surface area contributed by atoms with E-state index in [4.69, 9.17) is 0 Å². The highest BCUT2D eigenvalue weighted by Crippen LogP contribution is 2.39. The first kappa shape index (κ1) is 13.8. The Morgan fingerprint density at radius 2 is 1.95 bits per heavy atom. The Kier molecular flexibility index (Phi) is 3.06. The first-order valence-corrected chi connectivity index (χ1v) is 7.89. The van der Waals surface area contributed by atoms with Crippen LogP contribution in [0, 0.1) is 0 Å². The van der Waals surface area contributed by atoms with Crippen LogP contribution in [0.25, 0.3) is 11.0 Å². The van der Waals surface area contributed by atoms with E-state index in [2.05, 4.69) is 15.1 Å². The molecule has 4 rings (SSSR count). The molecule has 0 amide bonds. The minimum atomic E-state index is -2.57. The van der Waals surface area contributed by atoms with Crippen LogP contribution in [-0.2, 0) is 0 Å². The van der Waals surface area contributed by atoms with Crippen LogP contribution in [0.15, 0.2) is 11.0 Å². The Labute approximate surface area is 125 Å². The molecule has 0 aromatic carbocycles. The molecule has 0 atom stereocenters. The van der Waals surface area contributed by atoms with Gasteiger partial charge in [0, 0.05) is 18.8 Å². The van der Waals surface area contributed by atoms with Crippen molar-refractivity contribution < 1.29 is 8.78 Å². The zero-order valence-electron chi connectivity index (χ0n) is 12.2. The van der Waals surface area contributed by atoms with E-state index in [1.165, 1.54) is 6.20 Å². The summed E-state index contributed by atoms with van der Waals surface area (Å²) in [5.74, 6) is -1.54. The van der Waals surface area contributed by atoms with Crippen molar-refractivity contribution in [3.05, 3.63) is 22.4 Å². The normalized spacial score (nSPS) is 22.8. The molecule has 0 unspecified atom stereocenters. The van der Waals surface area contributed by atoms with E-state index in [9.17, 15) is 13.6 Å². The van der Waals surface area contributed by atoms with Crippen LogP contribution in [0.1, 0.15) is 62.7 Å². The monoisotopic (exact) mass is 308 g/mol. The number of hydrogen-bond acceptors (Lipinski definition) is 3. The van der Waals surface area contributed by atoms with E-state index in [1.807, 2.05) is 0 Å². The van der Waals surface area contributed by atoms with Gasteiger partial charge in [-0.05, 0) is 25.7 Å². The fourth-order valence-electron chi connectivity index (χ4n) is 3.36. The molecule has 2 aromatic rings. The Morgan fingerprint density at radius 1 is 1.23 bits per heavy atom. The molecule has 1 N–H and O–H groups in total. The smallest absolute Gasteiger partial charge is 0.262 e. The maximum Gasteiger partial charge on any atom is 0.262 e. The number of fused-ring (bicyclic) bond motifs is 1. The Hall–Kier alpha value is -1.79. The molecule has 2 saturated carbocycles. The van der Waals surface area contributed by atoms with Gasteiger partial charge in [0.2, 0.25) is 5.92 Å². The molecule has 0 aliphatic heterocycles. The summed E-state index contributed by atoms with van der Waals surface area (Å²) < 4.78 is 28.3. The fourth-order valence-corrected chi connectivity index (χ4v) is 3.36. The lowest BCUT2D eigenvalue weighted by Gasteiger charge is -2.28. The van der Waals surface area contributed by atoms with Crippen LogP contribution in [0.3, 0.4) is 0 Å². The molecule has 22 heavy (non-hydrogen) atoms. The first-order valence-electron chi connectivity index (χ1n) is 7.89. The van der Waals surface area contributed by atoms with E-state index in [0.29, 0.717) is 35.6 Å². The second-order valence-electron chi connectivity index (χ2n) is 6.49. The standard InChI is InChI=1S/C15H18F2N4O/c16-15(17)6-4-10(5-7-15)21-13-11(8-18-21)14(22)20-12(19-13)9-2-1-3-9/h8-10H,1-7H2,(H,19,20,22). The lowest BCUT2D eigenvalue weighted by Crippen LogP contribution is -2.27. The van der Waals surface area contributed by atoms with E-state index in [-0.39, 0.29) is 24.4 Å². The van der Waals surface area contributed by atoms with Crippen LogP contribution in [0.4, 0.5) is 8.78 Å². The zero-order chi connectivity index (χ0) is 15.3. The number of alkyl halides is 2. The topological polar surface area (TPSA) is 63.6 Å². The largest absolute Gasteiger partial charge is 0.310 e. The fraction of sp³-hybridized carbons (Fsp3) is 0.667. The van der Waals surface area contributed by atoms with Gasteiger partial charge in [-0.15, -0.1) is 0 Å². The van der Waals surface area contributed by atoms with E-state index < -0.39 is 5.92 Å². The van der Waals surface area contributed by atoms with Crippen LogP contribution in [-0.4, -0.2) is 25.7 Å². The SMILES string of the molecule is O=c1[nH]c(C2CCC2)nc2c1cnn2C1CCC(F)(F)CC1. The van der Waals surface area contributed by atoms with Gasteiger partial charge in [0.05, 0.1) is 12.2 Å². The van der Waals surface area contributed by atoms with E-state index in [1.54, 1.807) is 4.68 Å². The zero-order valence-corrected chi connectivity index (χ0v) is 12.2. The van der Waals surface area contributed by atoms with Gasteiger partial charge < -0.3 is 4.98 Å².